The maximum atomic E-state index is 11.5. The third-order valence-electron chi connectivity index (χ3n) is 3.63. The van der Waals surface area contributed by atoms with Crippen molar-refractivity contribution in [2.45, 2.75) is 19.8 Å². The molecule has 2 aromatic heterocycles. The Morgan fingerprint density at radius 1 is 1.50 bits per heavy atom. The van der Waals surface area contributed by atoms with Crippen molar-refractivity contribution in [3.05, 3.63) is 18.6 Å². The van der Waals surface area contributed by atoms with Crippen molar-refractivity contribution in [1.82, 2.24) is 15.0 Å². The molecule has 0 amide bonds. The van der Waals surface area contributed by atoms with Gasteiger partial charge in [0.05, 0.1) is 5.39 Å². The molecule has 0 aliphatic carbocycles. The normalized spacial score (nSPS) is 20.3. The first-order valence-corrected chi connectivity index (χ1v) is 6.29. The van der Waals surface area contributed by atoms with Gasteiger partial charge in [0.15, 0.2) is 0 Å². The van der Waals surface area contributed by atoms with Crippen LogP contribution >= 0.6 is 0 Å². The summed E-state index contributed by atoms with van der Waals surface area (Å²) in [4.78, 5) is 25.4. The number of H-pyrrole nitrogens is 1. The van der Waals surface area contributed by atoms with E-state index in [9.17, 15) is 4.79 Å². The molecular formula is C13H16N4O. The van der Waals surface area contributed by atoms with Crippen molar-refractivity contribution in [3.8, 4) is 0 Å². The summed E-state index contributed by atoms with van der Waals surface area (Å²) < 4.78 is 0. The topological polar surface area (TPSA) is 61.9 Å². The molecule has 1 atom stereocenters. The maximum Gasteiger partial charge on any atom is 0.142 e. The monoisotopic (exact) mass is 244 g/mol. The fourth-order valence-corrected chi connectivity index (χ4v) is 2.61. The number of hydrogen-bond donors (Lipinski definition) is 1. The van der Waals surface area contributed by atoms with Crippen molar-refractivity contribution in [2.75, 3.05) is 18.0 Å². The zero-order valence-corrected chi connectivity index (χ0v) is 10.4. The Kier molecular flexibility index (Phi) is 2.74. The van der Waals surface area contributed by atoms with Crippen LogP contribution in [0.4, 0.5) is 5.82 Å². The summed E-state index contributed by atoms with van der Waals surface area (Å²) in [6.45, 7) is 3.41. The van der Waals surface area contributed by atoms with Crippen LogP contribution in [0.25, 0.3) is 11.0 Å². The number of ketones is 1. The summed E-state index contributed by atoms with van der Waals surface area (Å²) >= 11 is 0. The lowest BCUT2D eigenvalue weighted by molar-refractivity contribution is -0.120. The lowest BCUT2D eigenvalue weighted by Crippen LogP contribution is -2.38. The molecule has 5 nitrogen and oxygen atoms in total. The lowest BCUT2D eigenvalue weighted by atomic mass is 9.94. The van der Waals surface area contributed by atoms with Crippen LogP contribution in [-0.4, -0.2) is 33.8 Å². The molecule has 18 heavy (non-hydrogen) atoms. The minimum atomic E-state index is 0.141. The molecule has 1 fully saturated rings. The number of carbonyl (C=O) groups is 1. The lowest BCUT2D eigenvalue weighted by Gasteiger charge is -2.32. The smallest absolute Gasteiger partial charge is 0.142 e. The quantitative estimate of drug-likeness (QED) is 0.874. The fourth-order valence-electron chi connectivity index (χ4n) is 2.61. The molecule has 0 bridgehead atoms. The van der Waals surface area contributed by atoms with Crippen molar-refractivity contribution in [2.24, 2.45) is 5.92 Å². The largest absolute Gasteiger partial charge is 0.355 e. The van der Waals surface area contributed by atoms with Gasteiger partial charge in [-0.25, -0.2) is 9.97 Å². The van der Waals surface area contributed by atoms with Crippen molar-refractivity contribution in [1.29, 1.82) is 0 Å². The van der Waals surface area contributed by atoms with Gasteiger partial charge in [-0.1, -0.05) is 0 Å². The van der Waals surface area contributed by atoms with Gasteiger partial charge in [0.2, 0.25) is 0 Å². The number of fused-ring (bicyclic) bond motifs is 1. The minimum absolute atomic E-state index is 0.141. The van der Waals surface area contributed by atoms with Gasteiger partial charge in [-0.15, -0.1) is 0 Å². The second-order valence-corrected chi connectivity index (χ2v) is 4.83. The standard InChI is InChI=1S/C13H16N4O/c1-9(18)10-3-2-6-17(7-10)13-11-4-5-14-12(11)15-8-16-13/h4-5,8,10H,2-3,6-7H2,1H3,(H,14,15,16). The number of carbonyl (C=O) groups excluding carboxylic acids is 1. The average Bonchev–Trinajstić information content (AvgIpc) is 2.87. The van der Waals surface area contributed by atoms with Gasteiger partial charge in [-0.2, -0.15) is 0 Å². The zero-order valence-electron chi connectivity index (χ0n) is 10.4. The summed E-state index contributed by atoms with van der Waals surface area (Å²) in [5.41, 5.74) is 0.852. The highest BCUT2D eigenvalue weighted by atomic mass is 16.1. The molecule has 0 spiro atoms. The highest BCUT2D eigenvalue weighted by molar-refractivity contribution is 5.87. The molecule has 5 heteroatoms. The van der Waals surface area contributed by atoms with Gasteiger partial charge in [0, 0.05) is 25.2 Å². The van der Waals surface area contributed by atoms with Crippen molar-refractivity contribution < 1.29 is 4.79 Å². The number of hydrogen-bond acceptors (Lipinski definition) is 4. The van der Waals surface area contributed by atoms with Gasteiger partial charge in [-0.05, 0) is 25.8 Å². The molecule has 1 N–H and O–H groups in total. The Labute approximate surface area is 105 Å². The number of rotatable bonds is 2. The van der Waals surface area contributed by atoms with Gasteiger partial charge in [0.25, 0.3) is 0 Å². The average molecular weight is 244 g/mol. The third-order valence-corrected chi connectivity index (χ3v) is 3.63. The highest BCUT2D eigenvalue weighted by Crippen LogP contribution is 2.27. The van der Waals surface area contributed by atoms with Crippen LogP contribution < -0.4 is 4.90 Å². The molecule has 0 saturated carbocycles. The second-order valence-electron chi connectivity index (χ2n) is 4.83. The predicted molar refractivity (Wildman–Crippen MR) is 69.5 cm³/mol. The van der Waals surface area contributed by atoms with E-state index in [0.717, 1.165) is 42.8 Å². The second kappa shape index (κ2) is 4.40. The molecule has 1 saturated heterocycles. The first kappa shape index (κ1) is 11.2. The molecule has 2 aromatic rings. The third kappa shape index (κ3) is 1.85. The molecule has 94 valence electrons. The number of anilines is 1. The molecule has 3 rings (SSSR count). The van der Waals surface area contributed by atoms with Crippen LogP contribution in [0, 0.1) is 5.92 Å². The van der Waals surface area contributed by atoms with Gasteiger partial charge in [0.1, 0.15) is 23.6 Å². The molecule has 0 aromatic carbocycles. The summed E-state index contributed by atoms with van der Waals surface area (Å²) in [7, 11) is 0. The van der Waals surface area contributed by atoms with E-state index in [-0.39, 0.29) is 11.7 Å². The van der Waals surface area contributed by atoms with Gasteiger partial charge < -0.3 is 9.88 Å². The number of aromatic nitrogens is 3. The molecule has 1 unspecified atom stereocenters. The van der Waals surface area contributed by atoms with E-state index in [1.807, 2.05) is 12.3 Å². The fraction of sp³-hybridized carbons (Fsp3) is 0.462. The van der Waals surface area contributed by atoms with Crippen molar-refractivity contribution in [3.63, 3.8) is 0 Å². The Bertz CT molecular complexity index is 577. The van der Waals surface area contributed by atoms with E-state index < -0.39 is 0 Å². The molecule has 1 aliphatic heterocycles. The van der Waals surface area contributed by atoms with E-state index in [0.29, 0.717) is 0 Å². The van der Waals surface area contributed by atoms with E-state index in [4.69, 9.17) is 0 Å². The van der Waals surface area contributed by atoms with Gasteiger partial charge in [-0.3, -0.25) is 4.79 Å². The molecule has 0 radical (unpaired) electrons. The number of piperidine rings is 1. The number of nitrogens with zero attached hydrogens (tertiary/aromatic N) is 3. The molecule has 3 heterocycles. The Hall–Kier alpha value is -1.91. The van der Waals surface area contributed by atoms with Gasteiger partial charge >= 0.3 is 0 Å². The van der Waals surface area contributed by atoms with E-state index in [1.54, 1.807) is 13.3 Å². The molecule has 1 aliphatic rings. The van der Waals surface area contributed by atoms with E-state index in [2.05, 4.69) is 19.9 Å². The Morgan fingerprint density at radius 2 is 2.39 bits per heavy atom. The first-order chi connectivity index (χ1) is 8.75. The van der Waals surface area contributed by atoms with Crippen LogP contribution in [-0.2, 0) is 4.79 Å². The van der Waals surface area contributed by atoms with Crippen LogP contribution in [0.3, 0.4) is 0 Å². The van der Waals surface area contributed by atoms with E-state index >= 15 is 0 Å². The minimum Gasteiger partial charge on any atom is -0.355 e. The van der Waals surface area contributed by atoms with Crippen LogP contribution in [0.15, 0.2) is 18.6 Å². The number of Topliss-reactive ketones (excluding diaryl/α,β-unsaturated/α-hetero) is 1. The van der Waals surface area contributed by atoms with Crippen LogP contribution in [0.1, 0.15) is 19.8 Å². The maximum absolute atomic E-state index is 11.5. The number of nitrogens with one attached hydrogen (secondary N) is 1. The SMILES string of the molecule is CC(=O)C1CCCN(c2ncnc3[nH]ccc23)C1. The predicted octanol–water partition coefficient (Wildman–Crippen LogP) is 1.76. The van der Waals surface area contributed by atoms with Crippen LogP contribution in [0.2, 0.25) is 0 Å². The summed E-state index contributed by atoms with van der Waals surface area (Å²) in [5, 5.41) is 1.03. The van der Waals surface area contributed by atoms with Crippen LogP contribution in [0.5, 0.6) is 0 Å². The summed E-state index contributed by atoms with van der Waals surface area (Å²) in [6, 6.07) is 1.99. The van der Waals surface area contributed by atoms with E-state index in [1.165, 1.54) is 0 Å². The summed E-state index contributed by atoms with van der Waals surface area (Å²) in [5.74, 6) is 1.36. The highest BCUT2D eigenvalue weighted by Gasteiger charge is 2.25. The Morgan fingerprint density at radius 3 is 3.22 bits per heavy atom. The summed E-state index contributed by atoms with van der Waals surface area (Å²) in [6.07, 6.45) is 5.48. The molecular weight excluding hydrogens is 228 g/mol. The van der Waals surface area contributed by atoms with Crippen molar-refractivity contribution >= 4 is 22.6 Å². The Balaban J connectivity index is 1.94. The number of aromatic amines is 1. The zero-order chi connectivity index (χ0) is 12.5. The first-order valence-electron chi connectivity index (χ1n) is 6.29.